The second-order valence-corrected chi connectivity index (χ2v) is 20.3. The SMILES string of the molecule is Cc1ncoc1-c1nnc(SCCCN2CC[C@@]3(C[C@H]3c3ccc(C(F)(F)F)cc3)C2)n1C.Cc1ncoc1-c1nnc(SCCCN2CC[C@]3(C[C@@H]3c3ccc(C(F)(F)F)cc3)C2)n1C.Cl.Cl. The summed E-state index contributed by atoms with van der Waals surface area (Å²) < 4.78 is 91.6. The molecule has 4 atom stereocenters. The quantitative estimate of drug-likeness (QED) is 0.0587. The number of oxazole rings is 2. The first-order valence-electron chi connectivity index (χ1n) is 22.2. The number of aromatic nitrogens is 8. The normalized spacial score (nSPS) is 22.3. The number of benzene rings is 2. The first-order chi connectivity index (χ1) is 31.5. The Kier molecular flexibility index (Phi) is 15.8. The fourth-order valence-electron chi connectivity index (χ4n) is 9.91. The largest absolute Gasteiger partial charge is 0.440 e. The smallest absolute Gasteiger partial charge is 0.416 e. The maximum absolute atomic E-state index is 12.8. The number of hydrogen-bond acceptors (Lipinski definition) is 12. The monoisotopic (exact) mass is 1030 g/mol. The van der Waals surface area contributed by atoms with E-state index >= 15 is 0 Å². The molecule has 368 valence electrons. The Bertz CT molecular complexity index is 2440. The third-order valence-electron chi connectivity index (χ3n) is 13.9. The van der Waals surface area contributed by atoms with Gasteiger partial charge in [0.05, 0.1) is 22.5 Å². The molecule has 2 saturated heterocycles. The molecule has 68 heavy (non-hydrogen) atoms. The Labute approximate surface area is 411 Å². The molecule has 4 fully saturated rings. The standard InChI is InChI=1S/2C23H26F3N5OS.2ClH/c2*1-15-19(32-14-27-15)20-28-29-21(30(20)2)33-11-3-9-31-10-8-22(13-31)12-18(22)16-4-6-17(7-5-16)23(24,25)26;;/h2*4-7,14,18H,3,8-13H2,1-2H3;2*1H/t2*18-,22+;;/m10../s1. The van der Waals surface area contributed by atoms with E-state index < -0.39 is 23.5 Å². The zero-order chi connectivity index (χ0) is 46.4. The minimum absolute atomic E-state index is 0. The van der Waals surface area contributed by atoms with Crippen LogP contribution in [0.1, 0.15) is 84.0 Å². The molecule has 6 heterocycles. The maximum Gasteiger partial charge on any atom is 0.416 e. The molecule has 6 aromatic rings. The first kappa shape index (κ1) is 51.8. The molecule has 2 saturated carbocycles. The Morgan fingerprint density at radius 1 is 0.603 bits per heavy atom. The summed E-state index contributed by atoms with van der Waals surface area (Å²) in [5, 5.41) is 18.8. The van der Waals surface area contributed by atoms with Crippen molar-refractivity contribution in [2.45, 2.75) is 86.9 Å². The van der Waals surface area contributed by atoms with Crippen LogP contribution in [0.25, 0.3) is 23.2 Å². The van der Waals surface area contributed by atoms with Crippen molar-refractivity contribution >= 4 is 48.3 Å². The number of thioether (sulfide) groups is 2. The van der Waals surface area contributed by atoms with Crippen LogP contribution in [0.4, 0.5) is 26.3 Å². The van der Waals surface area contributed by atoms with Crippen molar-refractivity contribution in [2.75, 3.05) is 50.8 Å². The van der Waals surface area contributed by atoms with Crippen LogP contribution in [0.3, 0.4) is 0 Å². The second kappa shape index (κ2) is 20.7. The van der Waals surface area contributed by atoms with Crippen molar-refractivity contribution in [1.82, 2.24) is 49.3 Å². The number of halogens is 8. The number of aryl methyl sites for hydroxylation is 2. The molecule has 0 radical (unpaired) electrons. The zero-order valence-corrected chi connectivity index (χ0v) is 41.3. The molecule has 0 amide bonds. The predicted octanol–water partition coefficient (Wildman–Crippen LogP) is 11.2. The van der Waals surface area contributed by atoms with Gasteiger partial charge in [0.2, 0.25) is 11.6 Å². The molecule has 4 aromatic heterocycles. The van der Waals surface area contributed by atoms with Gasteiger partial charge in [-0.05, 0) is 137 Å². The molecule has 0 unspecified atom stereocenters. The molecule has 10 rings (SSSR count). The van der Waals surface area contributed by atoms with Crippen LogP contribution >= 0.6 is 48.3 Å². The Morgan fingerprint density at radius 3 is 1.32 bits per heavy atom. The van der Waals surface area contributed by atoms with Crippen molar-refractivity contribution in [1.29, 1.82) is 0 Å². The Morgan fingerprint density at radius 2 is 0.985 bits per heavy atom. The summed E-state index contributed by atoms with van der Waals surface area (Å²) in [5.41, 5.74) is 3.02. The molecular weight excluding hydrogens is 974 g/mol. The van der Waals surface area contributed by atoms with Gasteiger partial charge in [0, 0.05) is 38.7 Å². The summed E-state index contributed by atoms with van der Waals surface area (Å²) >= 11 is 3.36. The van der Waals surface area contributed by atoms with E-state index in [1.807, 2.05) is 37.1 Å². The van der Waals surface area contributed by atoms with Gasteiger partial charge in [-0.15, -0.1) is 45.2 Å². The Hall–Kier alpha value is -4.08. The topological polar surface area (TPSA) is 120 Å². The van der Waals surface area contributed by atoms with Crippen molar-refractivity contribution in [2.24, 2.45) is 24.9 Å². The van der Waals surface area contributed by atoms with E-state index in [1.54, 1.807) is 47.8 Å². The van der Waals surface area contributed by atoms with Gasteiger partial charge in [0.25, 0.3) is 0 Å². The van der Waals surface area contributed by atoms with Crippen LogP contribution in [-0.4, -0.2) is 100 Å². The summed E-state index contributed by atoms with van der Waals surface area (Å²) in [6, 6.07) is 11.5. The number of nitrogens with zero attached hydrogens (tertiary/aromatic N) is 10. The van der Waals surface area contributed by atoms with E-state index in [0.717, 1.165) is 122 Å². The highest BCUT2D eigenvalue weighted by atomic mass is 35.5. The minimum Gasteiger partial charge on any atom is -0.440 e. The lowest BCUT2D eigenvalue weighted by Crippen LogP contribution is -2.23. The third kappa shape index (κ3) is 11.1. The average molecular weight is 1030 g/mol. The molecule has 2 spiro atoms. The molecule has 2 aliphatic heterocycles. The van der Waals surface area contributed by atoms with Crippen molar-refractivity contribution in [3.05, 3.63) is 95.0 Å². The molecule has 0 N–H and O–H groups in total. The van der Waals surface area contributed by atoms with Gasteiger partial charge in [-0.25, -0.2) is 9.97 Å². The lowest BCUT2D eigenvalue weighted by atomic mass is 9.97. The van der Waals surface area contributed by atoms with Crippen molar-refractivity contribution in [3.8, 4) is 23.2 Å². The van der Waals surface area contributed by atoms with E-state index in [4.69, 9.17) is 8.83 Å². The van der Waals surface area contributed by atoms with Crippen LogP contribution in [0.5, 0.6) is 0 Å². The van der Waals surface area contributed by atoms with Gasteiger partial charge >= 0.3 is 12.4 Å². The second-order valence-electron chi connectivity index (χ2n) is 18.2. The van der Waals surface area contributed by atoms with Crippen LogP contribution < -0.4 is 0 Å². The summed E-state index contributed by atoms with van der Waals surface area (Å²) in [6.07, 6.45) is 0.744. The highest BCUT2D eigenvalue weighted by Gasteiger charge is 2.58. The fraction of sp³-hybridized carbons (Fsp3) is 0.522. The average Bonchev–Trinajstić information content (AvgIpc) is 3.64. The van der Waals surface area contributed by atoms with Crippen LogP contribution in [-0.2, 0) is 26.4 Å². The van der Waals surface area contributed by atoms with E-state index in [1.165, 1.54) is 37.1 Å². The van der Waals surface area contributed by atoms with E-state index in [-0.39, 0.29) is 35.6 Å². The lowest BCUT2D eigenvalue weighted by molar-refractivity contribution is -0.138. The van der Waals surface area contributed by atoms with Gasteiger partial charge in [-0.3, -0.25) is 0 Å². The molecule has 22 heteroatoms. The minimum atomic E-state index is -4.27. The predicted molar refractivity (Wildman–Crippen MR) is 252 cm³/mol. The Balaban J connectivity index is 0.000000196. The van der Waals surface area contributed by atoms with Crippen molar-refractivity contribution < 1.29 is 35.2 Å². The molecular formula is C46H54Cl2F6N10O2S2. The number of hydrogen-bond donors (Lipinski definition) is 0. The molecule has 2 aliphatic carbocycles. The molecule has 12 nitrogen and oxygen atoms in total. The van der Waals surface area contributed by atoms with Gasteiger partial charge in [0.15, 0.2) is 34.6 Å². The zero-order valence-electron chi connectivity index (χ0n) is 38.0. The summed E-state index contributed by atoms with van der Waals surface area (Å²) in [7, 11) is 3.86. The van der Waals surface area contributed by atoms with Gasteiger partial charge in [-0.1, -0.05) is 47.8 Å². The van der Waals surface area contributed by atoms with Crippen LogP contribution in [0, 0.1) is 24.7 Å². The third-order valence-corrected chi connectivity index (χ3v) is 16.1. The number of alkyl halides is 6. The highest BCUT2D eigenvalue weighted by molar-refractivity contribution is 7.99. The number of rotatable bonds is 14. The highest BCUT2D eigenvalue weighted by Crippen LogP contribution is 2.65. The maximum atomic E-state index is 12.8. The van der Waals surface area contributed by atoms with Gasteiger partial charge in [0.1, 0.15) is 0 Å². The lowest BCUT2D eigenvalue weighted by Gasteiger charge is -2.16. The number of likely N-dealkylation sites (tertiary alicyclic amines) is 2. The molecule has 0 bridgehead atoms. The van der Waals surface area contributed by atoms with E-state index in [2.05, 4.69) is 40.2 Å². The van der Waals surface area contributed by atoms with Crippen LogP contribution in [0.15, 0.2) is 80.5 Å². The van der Waals surface area contributed by atoms with Crippen LogP contribution in [0.2, 0.25) is 0 Å². The van der Waals surface area contributed by atoms with E-state index in [0.29, 0.717) is 35.0 Å². The summed E-state index contributed by atoms with van der Waals surface area (Å²) in [6.45, 7) is 9.96. The summed E-state index contributed by atoms with van der Waals surface area (Å²) in [5.74, 6) is 5.29. The van der Waals surface area contributed by atoms with Gasteiger partial charge < -0.3 is 27.8 Å². The summed E-state index contributed by atoms with van der Waals surface area (Å²) in [4.78, 5) is 13.2. The van der Waals surface area contributed by atoms with Crippen molar-refractivity contribution in [3.63, 3.8) is 0 Å². The van der Waals surface area contributed by atoms with Gasteiger partial charge in [-0.2, -0.15) is 26.3 Å². The fourth-order valence-corrected chi connectivity index (χ4v) is 11.6. The first-order valence-corrected chi connectivity index (χ1v) is 24.1. The molecule has 4 aliphatic rings. The van der Waals surface area contributed by atoms with E-state index in [9.17, 15) is 26.3 Å². The molecule has 2 aromatic carbocycles.